The largest absolute Gasteiger partial charge is 0.357 e. The van der Waals surface area contributed by atoms with Gasteiger partial charge in [0.15, 0.2) is 0 Å². The van der Waals surface area contributed by atoms with Crippen molar-refractivity contribution in [3.8, 4) is 0 Å². The summed E-state index contributed by atoms with van der Waals surface area (Å²) in [4.78, 5) is 7.69. The maximum absolute atomic E-state index is 5.52. The highest BCUT2D eigenvalue weighted by molar-refractivity contribution is 6.30. The molecule has 0 aliphatic rings. The van der Waals surface area contributed by atoms with Gasteiger partial charge in [0, 0.05) is 7.05 Å². The fourth-order valence-electron chi connectivity index (χ4n) is 0.441. The highest BCUT2D eigenvalue weighted by atomic mass is 35.5. The zero-order valence-electron chi connectivity index (χ0n) is 5.74. The third-order valence-electron chi connectivity index (χ3n) is 0.844. The van der Waals surface area contributed by atoms with Gasteiger partial charge in [0.2, 0.25) is 5.95 Å². The second-order valence-electron chi connectivity index (χ2n) is 1.47. The van der Waals surface area contributed by atoms with Crippen molar-refractivity contribution in [2.75, 3.05) is 12.4 Å². The number of hydrogen-bond acceptors (Lipinski definition) is 3. The zero-order chi connectivity index (χ0) is 6.69. The van der Waals surface area contributed by atoms with Crippen molar-refractivity contribution in [3.63, 3.8) is 0 Å². The van der Waals surface area contributed by atoms with Gasteiger partial charge in [-0.3, -0.25) is 0 Å². The van der Waals surface area contributed by atoms with Gasteiger partial charge >= 0.3 is 0 Å². The summed E-state index contributed by atoms with van der Waals surface area (Å²) >= 11 is 5.52. The number of hydrogen-bond donors (Lipinski definition) is 1. The number of aromatic nitrogens is 2. The Morgan fingerprint density at radius 3 is 2.09 bits per heavy atom. The summed E-state index contributed by atoms with van der Waals surface area (Å²) in [5, 5.41) is 3.32. The average Bonchev–Trinajstić information content (AvgIpc) is 1.90. The molecule has 0 saturated carbocycles. The van der Waals surface area contributed by atoms with E-state index in [-0.39, 0.29) is 24.8 Å². The van der Waals surface area contributed by atoms with E-state index < -0.39 is 0 Å². The van der Waals surface area contributed by atoms with Crippen LogP contribution in [0.25, 0.3) is 0 Å². The molecule has 0 fully saturated rings. The predicted octanol–water partition coefficient (Wildman–Crippen LogP) is 2.02. The first kappa shape index (κ1) is 13.3. The van der Waals surface area contributed by atoms with Crippen molar-refractivity contribution in [2.24, 2.45) is 0 Å². The molecule has 0 aliphatic heterocycles. The van der Waals surface area contributed by atoms with Crippen molar-refractivity contribution in [3.05, 3.63) is 17.4 Å². The summed E-state index contributed by atoms with van der Waals surface area (Å²) < 4.78 is 0. The van der Waals surface area contributed by atoms with Crippen molar-refractivity contribution >= 4 is 42.4 Å². The van der Waals surface area contributed by atoms with E-state index in [2.05, 4.69) is 15.3 Å². The molecule has 0 unspecified atom stereocenters. The predicted molar refractivity (Wildman–Crippen MR) is 51.1 cm³/mol. The first-order valence-electron chi connectivity index (χ1n) is 2.48. The van der Waals surface area contributed by atoms with Crippen LogP contribution in [0.5, 0.6) is 0 Å². The lowest BCUT2D eigenvalue weighted by Crippen LogP contribution is -1.93. The van der Waals surface area contributed by atoms with Crippen molar-refractivity contribution in [2.45, 2.75) is 0 Å². The Morgan fingerprint density at radius 2 is 1.73 bits per heavy atom. The van der Waals surface area contributed by atoms with E-state index in [1.807, 2.05) is 0 Å². The van der Waals surface area contributed by atoms with Crippen LogP contribution >= 0.6 is 36.4 Å². The van der Waals surface area contributed by atoms with Crippen LogP contribution in [-0.2, 0) is 0 Å². The van der Waals surface area contributed by atoms with Crippen molar-refractivity contribution < 1.29 is 0 Å². The molecule has 0 aliphatic carbocycles. The summed E-state index contributed by atoms with van der Waals surface area (Å²) in [5.41, 5.74) is 0. The highest BCUT2D eigenvalue weighted by Gasteiger charge is 1.88. The molecular weight excluding hydrogens is 208 g/mol. The first-order chi connectivity index (χ1) is 4.33. The molecule has 1 aromatic rings. The van der Waals surface area contributed by atoms with E-state index in [9.17, 15) is 0 Å². The quantitative estimate of drug-likeness (QED) is 0.780. The van der Waals surface area contributed by atoms with Gasteiger partial charge in [-0.2, -0.15) is 0 Å². The molecule has 3 nitrogen and oxygen atoms in total. The Bertz CT molecular complexity index is 189. The van der Waals surface area contributed by atoms with E-state index in [4.69, 9.17) is 11.6 Å². The Labute approximate surface area is 82.4 Å². The summed E-state index contributed by atoms with van der Waals surface area (Å²) in [5.74, 6) is 0.583. The fourth-order valence-corrected chi connectivity index (χ4v) is 0.539. The number of nitrogens with one attached hydrogen (secondary N) is 1. The molecule has 6 heteroatoms. The minimum absolute atomic E-state index is 0. The maximum atomic E-state index is 5.52. The third-order valence-corrected chi connectivity index (χ3v) is 1.04. The molecule has 0 saturated heterocycles. The third kappa shape index (κ3) is 4.24. The topological polar surface area (TPSA) is 37.8 Å². The first-order valence-corrected chi connectivity index (χ1v) is 2.86. The van der Waals surface area contributed by atoms with Gasteiger partial charge in [-0.25, -0.2) is 9.97 Å². The zero-order valence-corrected chi connectivity index (χ0v) is 8.13. The molecule has 1 heterocycles. The monoisotopic (exact) mass is 215 g/mol. The normalized spacial score (nSPS) is 7.45. The Kier molecular flexibility index (Phi) is 7.84. The fraction of sp³-hybridized carbons (Fsp3) is 0.200. The SMILES string of the molecule is CNc1ncc(Cl)cn1.Cl.Cl. The lowest BCUT2D eigenvalue weighted by Gasteiger charge is -1.93. The summed E-state index contributed by atoms with van der Waals surface area (Å²) in [6.07, 6.45) is 3.08. The van der Waals surface area contributed by atoms with Crippen LogP contribution in [0.3, 0.4) is 0 Å². The maximum Gasteiger partial charge on any atom is 0.222 e. The molecule has 11 heavy (non-hydrogen) atoms. The number of halogens is 3. The molecule has 1 rings (SSSR count). The van der Waals surface area contributed by atoms with Gasteiger partial charge in [0.1, 0.15) is 0 Å². The summed E-state index contributed by atoms with van der Waals surface area (Å²) in [6.45, 7) is 0. The van der Waals surface area contributed by atoms with Crippen molar-refractivity contribution in [1.82, 2.24) is 9.97 Å². The minimum Gasteiger partial charge on any atom is -0.357 e. The molecule has 1 N–H and O–H groups in total. The summed E-state index contributed by atoms with van der Waals surface area (Å²) in [7, 11) is 1.75. The summed E-state index contributed by atoms with van der Waals surface area (Å²) in [6, 6.07) is 0. The molecule has 0 radical (unpaired) electrons. The van der Waals surface area contributed by atoms with E-state index in [0.717, 1.165) is 0 Å². The van der Waals surface area contributed by atoms with Crippen LogP contribution in [0.15, 0.2) is 12.4 Å². The van der Waals surface area contributed by atoms with Crippen LogP contribution in [0, 0.1) is 0 Å². The highest BCUT2D eigenvalue weighted by Crippen LogP contribution is 2.03. The van der Waals surface area contributed by atoms with Crippen LogP contribution in [0.1, 0.15) is 0 Å². The number of rotatable bonds is 1. The van der Waals surface area contributed by atoms with E-state index in [1.165, 1.54) is 0 Å². The van der Waals surface area contributed by atoms with Crippen LogP contribution in [-0.4, -0.2) is 17.0 Å². The van der Waals surface area contributed by atoms with Gasteiger partial charge in [-0.1, -0.05) is 11.6 Å². The Balaban J connectivity index is 0. The van der Waals surface area contributed by atoms with E-state index >= 15 is 0 Å². The van der Waals surface area contributed by atoms with Crippen LogP contribution in [0.4, 0.5) is 5.95 Å². The molecule has 0 atom stereocenters. The van der Waals surface area contributed by atoms with Gasteiger partial charge in [-0.05, 0) is 0 Å². The van der Waals surface area contributed by atoms with Gasteiger partial charge in [0.05, 0.1) is 17.4 Å². The van der Waals surface area contributed by atoms with Crippen molar-refractivity contribution in [1.29, 1.82) is 0 Å². The van der Waals surface area contributed by atoms with Gasteiger partial charge < -0.3 is 5.32 Å². The molecule has 0 bridgehead atoms. The number of anilines is 1. The molecule has 0 amide bonds. The lowest BCUT2D eigenvalue weighted by molar-refractivity contribution is 1.15. The number of nitrogens with zero attached hydrogens (tertiary/aromatic N) is 2. The minimum atomic E-state index is 0. The van der Waals surface area contributed by atoms with Crippen LogP contribution < -0.4 is 5.32 Å². The molecular formula is C5H8Cl3N3. The smallest absolute Gasteiger partial charge is 0.222 e. The molecule has 64 valence electrons. The van der Waals surface area contributed by atoms with E-state index in [0.29, 0.717) is 11.0 Å². The lowest BCUT2D eigenvalue weighted by atomic mass is 10.7. The second kappa shape index (κ2) is 6.46. The van der Waals surface area contributed by atoms with E-state index in [1.54, 1.807) is 19.4 Å². The van der Waals surface area contributed by atoms with Gasteiger partial charge in [0.25, 0.3) is 0 Å². The molecule has 1 aromatic heterocycles. The molecule has 0 aromatic carbocycles. The molecule has 0 spiro atoms. The van der Waals surface area contributed by atoms with Gasteiger partial charge in [-0.15, -0.1) is 24.8 Å². The Hall–Kier alpha value is -0.250. The standard InChI is InChI=1S/C5H6ClN3.2ClH/c1-7-5-8-2-4(6)3-9-5;;/h2-3H,1H3,(H,7,8,9);2*1H. The second-order valence-corrected chi connectivity index (χ2v) is 1.91. The van der Waals surface area contributed by atoms with Crippen LogP contribution in [0.2, 0.25) is 5.02 Å². The Morgan fingerprint density at radius 1 is 1.27 bits per heavy atom. The average molecular weight is 216 g/mol.